The SMILES string of the molecule is CC(C)=C1SC2=C(S1)SC(=C1SC3=C(S1)S[C@@H](C)[C@H](C)S3)S2. The summed E-state index contributed by atoms with van der Waals surface area (Å²) >= 11 is 16.1. The van der Waals surface area contributed by atoms with E-state index < -0.39 is 0 Å². The molecule has 0 saturated heterocycles. The molecule has 0 aliphatic carbocycles. The normalized spacial score (nSPS) is 31.4. The molecule has 0 radical (unpaired) electrons. The van der Waals surface area contributed by atoms with Gasteiger partial charge in [-0.25, -0.2) is 0 Å². The second-order valence-electron chi connectivity index (χ2n) is 5.27. The van der Waals surface area contributed by atoms with Crippen LogP contribution >= 0.6 is 94.1 Å². The fourth-order valence-electron chi connectivity index (χ4n) is 1.90. The maximum absolute atomic E-state index is 2.35. The molecular weight excluding hydrogens is 425 g/mol. The molecule has 0 aromatic heterocycles. The zero-order valence-corrected chi connectivity index (χ0v) is 19.0. The third-order valence-corrected chi connectivity index (χ3v) is 16.0. The van der Waals surface area contributed by atoms with Crippen LogP contribution in [0.15, 0.2) is 35.2 Å². The summed E-state index contributed by atoms with van der Waals surface area (Å²) in [4.78, 5) is 0. The number of hydrogen-bond donors (Lipinski definition) is 0. The molecule has 8 heteroatoms. The minimum Gasteiger partial charge on any atom is -0.113 e. The van der Waals surface area contributed by atoms with E-state index in [0.29, 0.717) is 0 Å². The van der Waals surface area contributed by atoms with Gasteiger partial charge in [-0.3, -0.25) is 0 Å². The van der Waals surface area contributed by atoms with Crippen molar-refractivity contribution in [2.24, 2.45) is 0 Å². The Morgan fingerprint density at radius 2 is 0.955 bits per heavy atom. The predicted molar refractivity (Wildman–Crippen MR) is 119 cm³/mol. The Kier molecular flexibility index (Phi) is 5.33. The first-order valence-corrected chi connectivity index (χ1v) is 13.5. The lowest BCUT2D eigenvalue weighted by Gasteiger charge is -2.24. The quantitative estimate of drug-likeness (QED) is 0.365. The smallest absolute Gasteiger partial charge is 0.0718 e. The van der Waals surface area contributed by atoms with Crippen LogP contribution in [0.1, 0.15) is 27.7 Å². The second kappa shape index (κ2) is 6.82. The molecule has 0 aromatic carbocycles. The second-order valence-corrected chi connectivity index (χ2v) is 16.0. The molecule has 0 amide bonds. The molecule has 0 nitrogen and oxygen atoms in total. The Morgan fingerprint density at radius 3 is 1.36 bits per heavy atom. The highest BCUT2D eigenvalue weighted by Crippen LogP contribution is 2.71. The number of rotatable bonds is 0. The van der Waals surface area contributed by atoms with E-state index in [4.69, 9.17) is 0 Å². The molecule has 4 aliphatic rings. The van der Waals surface area contributed by atoms with E-state index in [9.17, 15) is 0 Å². The van der Waals surface area contributed by atoms with E-state index in [1.165, 1.54) is 26.8 Å². The summed E-state index contributed by atoms with van der Waals surface area (Å²) < 4.78 is 10.6. The van der Waals surface area contributed by atoms with Gasteiger partial charge in [0.15, 0.2) is 0 Å². The van der Waals surface area contributed by atoms with Crippen molar-refractivity contribution in [1.29, 1.82) is 0 Å². The first-order chi connectivity index (χ1) is 10.5. The molecule has 0 unspecified atom stereocenters. The standard InChI is InChI=1S/C14H14S8/c1-5(2)8-17-11-12(18-8)22-14(21-11)13-19-9-10(20-13)16-7(4)6(3)15-9/h6-7H,1-4H3/t6-,7-/m0/s1. The van der Waals surface area contributed by atoms with Crippen LogP contribution in [-0.4, -0.2) is 10.5 Å². The first kappa shape index (κ1) is 17.2. The topological polar surface area (TPSA) is 0 Å². The van der Waals surface area contributed by atoms with E-state index in [2.05, 4.69) is 51.2 Å². The molecule has 22 heavy (non-hydrogen) atoms. The molecule has 4 rings (SSSR count). The predicted octanol–water partition coefficient (Wildman–Crippen LogP) is 8.31. The van der Waals surface area contributed by atoms with Crippen molar-refractivity contribution >= 4 is 94.1 Å². The van der Waals surface area contributed by atoms with Gasteiger partial charge in [0.2, 0.25) is 0 Å². The van der Waals surface area contributed by atoms with Crippen LogP contribution < -0.4 is 0 Å². The van der Waals surface area contributed by atoms with Crippen molar-refractivity contribution in [3.8, 4) is 0 Å². The highest BCUT2D eigenvalue weighted by atomic mass is 32.3. The summed E-state index contributed by atoms with van der Waals surface area (Å²) in [6.07, 6.45) is 0. The Balaban J connectivity index is 1.48. The highest BCUT2D eigenvalue weighted by molar-refractivity contribution is 8.49. The molecule has 2 atom stereocenters. The van der Waals surface area contributed by atoms with Crippen molar-refractivity contribution in [1.82, 2.24) is 0 Å². The largest absolute Gasteiger partial charge is 0.113 e. The summed E-state index contributed by atoms with van der Waals surface area (Å²) in [5.41, 5.74) is 1.44. The minimum absolute atomic E-state index is 0.722. The van der Waals surface area contributed by atoms with E-state index in [0.717, 1.165) is 10.5 Å². The van der Waals surface area contributed by atoms with Crippen molar-refractivity contribution in [2.75, 3.05) is 0 Å². The molecule has 118 valence electrons. The van der Waals surface area contributed by atoms with Crippen molar-refractivity contribution in [3.05, 3.63) is 35.2 Å². The average molecular weight is 439 g/mol. The maximum atomic E-state index is 2.35. The van der Waals surface area contributed by atoms with Crippen LogP contribution in [0.3, 0.4) is 0 Å². The summed E-state index contributed by atoms with van der Waals surface area (Å²) in [5, 5.41) is 1.44. The molecule has 4 heterocycles. The van der Waals surface area contributed by atoms with Crippen LogP contribution in [0.2, 0.25) is 0 Å². The Labute approximate surface area is 166 Å². The summed E-state index contributed by atoms with van der Waals surface area (Å²) in [6, 6.07) is 0. The number of thioether (sulfide) groups is 8. The monoisotopic (exact) mass is 438 g/mol. The van der Waals surface area contributed by atoms with Gasteiger partial charge in [0, 0.05) is 14.7 Å². The summed E-state index contributed by atoms with van der Waals surface area (Å²) in [5.74, 6) is 0. The molecule has 0 saturated carbocycles. The van der Waals surface area contributed by atoms with Gasteiger partial charge in [-0.15, -0.1) is 23.5 Å². The van der Waals surface area contributed by atoms with Crippen molar-refractivity contribution in [2.45, 2.75) is 38.2 Å². The Morgan fingerprint density at radius 1 is 0.591 bits per heavy atom. The van der Waals surface area contributed by atoms with E-state index in [1.54, 1.807) is 8.47 Å². The summed E-state index contributed by atoms with van der Waals surface area (Å²) in [6.45, 7) is 9.13. The van der Waals surface area contributed by atoms with Gasteiger partial charge in [-0.2, -0.15) is 0 Å². The number of allylic oxidation sites excluding steroid dienone is 1. The zero-order chi connectivity index (χ0) is 15.4. The van der Waals surface area contributed by atoms with Crippen LogP contribution in [-0.2, 0) is 0 Å². The maximum Gasteiger partial charge on any atom is 0.0718 e. The van der Waals surface area contributed by atoms with E-state index in [-0.39, 0.29) is 0 Å². The van der Waals surface area contributed by atoms with Gasteiger partial charge in [-0.05, 0) is 13.8 Å². The average Bonchev–Trinajstić information content (AvgIpc) is 3.10. The van der Waals surface area contributed by atoms with Crippen LogP contribution in [0.25, 0.3) is 0 Å². The molecule has 0 fully saturated rings. The summed E-state index contributed by atoms with van der Waals surface area (Å²) in [7, 11) is 0. The van der Waals surface area contributed by atoms with Gasteiger partial charge < -0.3 is 0 Å². The Bertz CT molecular complexity index is 618. The zero-order valence-electron chi connectivity index (χ0n) is 12.4. The fraction of sp³-hybridized carbons (Fsp3) is 0.429. The number of hydrogen-bond acceptors (Lipinski definition) is 8. The first-order valence-electron chi connectivity index (χ1n) is 6.82. The Hall–Kier alpha value is 1.76. The fourth-order valence-corrected chi connectivity index (χ4v) is 14.9. The van der Waals surface area contributed by atoms with Gasteiger partial charge in [0.25, 0.3) is 0 Å². The van der Waals surface area contributed by atoms with Gasteiger partial charge in [0.1, 0.15) is 0 Å². The van der Waals surface area contributed by atoms with Crippen LogP contribution in [0, 0.1) is 0 Å². The molecule has 0 spiro atoms. The van der Waals surface area contributed by atoms with Gasteiger partial charge in [-0.1, -0.05) is 90.0 Å². The lowest BCUT2D eigenvalue weighted by atomic mass is 10.4. The van der Waals surface area contributed by atoms with E-state index in [1.807, 2.05) is 70.6 Å². The third-order valence-electron chi connectivity index (χ3n) is 3.27. The lowest BCUT2D eigenvalue weighted by Crippen LogP contribution is -2.14. The molecule has 0 aromatic rings. The molecule has 4 aliphatic heterocycles. The van der Waals surface area contributed by atoms with Crippen molar-refractivity contribution in [3.63, 3.8) is 0 Å². The molecular formula is C14H14S8. The van der Waals surface area contributed by atoms with Crippen molar-refractivity contribution < 1.29 is 0 Å². The van der Waals surface area contributed by atoms with Gasteiger partial charge in [0.05, 0.1) is 25.4 Å². The third kappa shape index (κ3) is 3.24. The minimum atomic E-state index is 0.722. The molecule has 0 N–H and O–H groups in total. The van der Waals surface area contributed by atoms with Crippen LogP contribution in [0.5, 0.6) is 0 Å². The van der Waals surface area contributed by atoms with Crippen LogP contribution in [0.4, 0.5) is 0 Å². The highest BCUT2D eigenvalue weighted by Gasteiger charge is 2.37. The van der Waals surface area contributed by atoms with Gasteiger partial charge >= 0.3 is 0 Å². The molecule has 0 bridgehead atoms. The lowest BCUT2D eigenvalue weighted by molar-refractivity contribution is 0.931. The van der Waals surface area contributed by atoms with E-state index >= 15 is 0 Å².